The average Bonchev–Trinajstić information content (AvgIpc) is 3.03. The van der Waals surface area contributed by atoms with E-state index < -0.39 is 6.61 Å². The number of hydrogen-bond donors (Lipinski definition) is 2. The Bertz CT molecular complexity index is 743. The number of aliphatic imine (C=N–C) groups is 1. The van der Waals surface area contributed by atoms with Gasteiger partial charge in [0.2, 0.25) is 0 Å². The van der Waals surface area contributed by atoms with E-state index in [1.54, 1.807) is 23.5 Å². The van der Waals surface area contributed by atoms with Crippen LogP contribution in [0.4, 0.5) is 8.78 Å². The first-order valence-corrected chi connectivity index (χ1v) is 8.88. The van der Waals surface area contributed by atoms with Gasteiger partial charge in [-0.1, -0.05) is 0 Å². The summed E-state index contributed by atoms with van der Waals surface area (Å²) >= 11 is 1.60. The van der Waals surface area contributed by atoms with Gasteiger partial charge in [0, 0.05) is 29.2 Å². The average molecular weight is 512 g/mol. The molecule has 0 spiro atoms. The largest absolute Gasteiger partial charge is 0.497 e. The first kappa shape index (κ1) is 23.3. The molecule has 0 saturated heterocycles. The summed E-state index contributed by atoms with van der Waals surface area (Å²) in [5.74, 6) is 1.06. The minimum absolute atomic E-state index is 0. The summed E-state index contributed by atoms with van der Waals surface area (Å²) in [6.07, 6.45) is 1.82. The topological polar surface area (TPSA) is 67.8 Å². The van der Waals surface area contributed by atoms with E-state index in [1.807, 2.05) is 20.0 Å². The van der Waals surface area contributed by atoms with Gasteiger partial charge < -0.3 is 20.1 Å². The van der Waals surface area contributed by atoms with E-state index in [1.165, 1.54) is 13.2 Å². The summed E-state index contributed by atoms with van der Waals surface area (Å²) < 4.78 is 34.9. The molecule has 2 N–H and O–H groups in total. The third-order valence-corrected chi connectivity index (χ3v) is 4.23. The lowest BCUT2D eigenvalue weighted by Gasteiger charge is -2.13. The van der Waals surface area contributed by atoms with Crippen LogP contribution in [0.25, 0.3) is 0 Å². The van der Waals surface area contributed by atoms with Crippen LogP contribution in [0.3, 0.4) is 0 Å². The van der Waals surface area contributed by atoms with Crippen LogP contribution >= 0.6 is 35.3 Å². The number of halogens is 3. The van der Waals surface area contributed by atoms with Crippen molar-refractivity contribution >= 4 is 41.3 Å². The molecule has 0 radical (unpaired) electrons. The molecule has 1 aromatic carbocycles. The molecule has 0 unspecified atom stereocenters. The summed E-state index contributed by atoms with van der Waals surface area (Å²) in [5, 5.41) is 7.24. The zero-order chi connectivity index (χ0) is 18.9. The molecular formula is C17H23F2IN4O2S. The van der Waals surface area contributed by atoms with Crippen molar-refractivity contribution in [3.63, 3.8) is 0 Å². The maximum Gasteiger partial charge on any atom is 0.387 e. The number of hydrogen-bond acceptors (Lipinski definition) is 5. The van der Waals surface area contributed by atoms with E-state index in [0.29, 0.717) is 30.4 Å². The molecular weight excluding hydrogens is 489 g/mol. The normalized spacial score (nSPS) is 11.1. The number of alkyl halides is 2. The summed E-state index contributed by atoms with van der Waals surface area (Å²) in [7, 11) is 1.47. The number of benzene rings is 1. The van der Waals surface area contributed by atoms with Crippen molar-refractivity contribution in [3.05, 3.63) is 39.8 Å². The second-order valence-corrected chi connectivity index (χ2v) is 6.58. The Balaban J connectivity index is 0.00000364. The van der Waals surface area contributed by atoms with Crippen LogP contribution in [0, 0.1) is 6.92 Å². The van der Waals surface area contributed by atoms with E-state index in [4.69, 9.17) is 4.74 Å². The Morgan fingerprint density at radius 2 is 2.11 bits per heavy atom. The summed E-state index contributed by atoms with van der Waals surface area (Å²) in [6.45, 7) is 2.42. The van der Waals surface area contributed by atoms with Crippen LogP contribution in [-0.2, 0) is 13.1 Å². The second-order valence-electron chi connectivity index (χ2n) is 5.27. The smallest absolute Gasteiger partial charge is 0.387 e. The number of guanidine groups is 1. The van der Waals surface area contributed by atoms with Crippen molar-refractivity contribution in [2.24, 2.45) is 4.99 Å². The first-order valence-electron chi connectivity index (χ1n) is 8.07. The minimum Gasteiger partial charge on any atom is -0.497 e. The second kappa shape index (κ2) is 11.9. The number of nitrogens with zero attached hydrogens (tertiary/aromatic N) is 2. The van der Waals surface area contributed by atoms with Crippen LogP contribution in [0.1, 0.15) is 22.4 Å². The molecule has 0 aliphatic heterocycles. The summed E-state index contributed by atoms with van der Waals surface area (Å²) in [4.78, 5) is 9.86. The highest BCUT2D eigenvalue weighted by atomic mass is 127. The SMILES string of the molecule is CCNC(=NCc1ccc(OC)cc1OC(F)F)NCc1ncc(C)s1.I. The third kappa shape index (κ3) is 7.83. The fraction of sp³-hybridized carbons (Fsp3) is 0.412. The summed E-state index contributed by atoms with van der Waals surface area (Å²) in [5.41, 5.74) is 0.536. The molecule has 2 rings (SSSR count). The first-order chi connectivity index (χ1) is 12.5. The molecule has 0 aliphatic rings. The number of methoxy groups -OCH3 is 1. The molecule has 0 fully saturated rings. The highest BCUT2D eigenvalue weighted by Gasteiger charge is 2.11. The molecule has 0 atom stereocenters. The van der Waals surface area contributed by atoms with Gasteiger partial charge in [0.05, 0.1) is 20.2 Å². The van der Waals surface area contributed by atoms with Crippen molar-refractivity contribution in [2.75, 3.05) is 13.7 Å². The van der Waals surface area contributed by atoms with Crippen molar-refractivity contribution in [1.82, 2.24) is 15.6 Å². The summed E-state index contributed by atoms with van der Waals surface area (Å²) in [6, 6.07) is 4.77. The van der Waals surface area contributed by atoms with Gasteiger partial charge in [-0.2, -0.15) is 8.78 Å². The van der Waals surface area contributed by atoms with E-state index in [2.05, 4.69) is 25.3 Å². The standard InChI is InChI=1S/C17H22F2N4O2S.HI/c1-4-20-17(23-10-15-21-8-11(2)26-15)22-9-12-5-6-13(24-3)7-14(12)25-16(18)19;/h5-8,16H,4,9-10H2,1-3H3,(H2,20,22,23);1H. The van der Waals surface area contributed by atoms with Crippen molar-refractivity contribution < 1.29 is 18.3 Å². The highest BCUT2D eigenvalue weighted by molar-refractivity contribution is 14.0. The van der Waals surface area contributed by atoms with Crippen molar-refractivity contribution in [1.29, 1.82) is 0 Å². The molecule has 0 bridgehead atoms. The van der Waals surface area contributed by atoms with Gasteiger partial charge in [-0.25, -0.2) is 9.98 Å². The van der Waals surface area contributed by atoms with Crippen molar-refractivity contribution in [3.8, 4) is 11.5 Å². The fourth-order valence-electron chi connectivity index (χ4n) is 2.15. The lowest BCUT2D eigenvalue weighted by Crippen LogP contribution is -2.36. The number of thiazole rings is 1. The number of ether oxygens (including phenoxy) is 2. The van der Waals surface area contributed by atoms with Crippen LogP contribution in [0.15, 0.2) is 29.4 Å². The molecule has 27 heavy (non-hydrogen) atoms. The predicted octanol–water partition coefficient (Wildman–Crippen LogP) is 3.93. The van der Waals surface area contributed by atoms with Gasteiger partial charge in [-0.15, -0.1) is 35.3 Å². The number of aryl methyl sites for hydroxylation is 1. The fourth-order valence-corrected chi connectivity index (χ4v) is 2.87. The molecule has 150 valence electrons. The molecule has 0 saturated carbocycles. The van der Waals surface area contributed by atoms with Gasteiger partial charge in [0.15, 0.2) is 5.96 Å². The van der Waals surface area contributed by atoms with Gasteiger partial charge in [0.25, 0.3) is 0 Å². The Morgan fingerprint density at radius 1 is 1.33 bits per heavy atom. The van der Waals surface area contributed by atoms with Gasteiger partial charge in [-0.05, 0) is 26.0 Å². The van der Waals surface area contributed by atoms with E-state index in [0.717, 1.165) is 9.88 Å². The van der Waals surface area contributed by atoms with Gasteiger partial charge in [-0.3, -0.25) is 0 Å². The number of nitrogens with one attached hydrogen (secondary N) is 2. The monoisotopic (exact) mass is 512 g/mol. The van der Waals surface area contributed by atoms with Crippen molar-refractivity contribution in [2.45, 2.75) is 33.5 Å². The highest BCUT2D eigenvalue weighted by Crippen LogP contribution is 2.27. The predicted molar refractivity (Wildman–Crippen MR) is 114 cm³/mol. The third-order valence-electron chi connectivity index (χ3n) is 3.32. The Hall–Kier alpha value is -1.69. The Labute approximate surface area is 178 Å². The molecule has 1 aromatic heterocycles. The van der Waals surface area contributed by atoms with E-state index >= 15 is 0 Å². The zero-order valence-electron chi connectivity index (χ0n) is 15.3. The molecule has 1 heterocycles. The van der Waals surface area contributed by atoms with E-state index in [-0.39, 0.29) is 36.3 Å². The van der Waals surface area contributed by atoms with Gasteiger partial charge in [0.1, 0.15) is 16.5 Å². The lowest BCUT2D eigenvalue weighted by atomic mass is 10.2. The Kier molecular flexibility index (Phi) is 10.3. The number of rotatable bonds is 8. The number of aromatic nitrogens is 1. The molecule has 0 amide bonds. The quantitative estimate of drug-likeness (QED) is 0.319. The maximum absolute atomic E-state index is 12.6. The van der Waals surface area contributed by atoms with Crippen LogP contribution < -0.4 is 20.1 Å². The zero-order valence-corrected chi connectivity index (χ0v) is 18.4. The lowest BCUT2D eigenvalue weighted by molar-refractivity contribution is -0.0505. The van der Waals surface area contributed by atoms with Crippen LogP contribution in [0.5, 0.6) is 11.5 Å². The minimum atomic E-state index is -2.91. The Morgan fingerprint density at radius 3 is 2.70 bits per heavy atom. The van der Waals surface area contributed by atoms with Crippen LogP contribution in [-0.4, -0.2) is 31.2 Å². The molecule has 2 aromatic rings. The van der Waals surface area contributed by atoms with Gasteiger partial charge >= 0.3 is 6.61 Å². The van der Waals surface area contributed by atoms with Crippen LogP contribution in [0.2, 0.25) is 0 Å². The molecule has 0 aliphatic carbocycles. The molecule has 6 nitrogen and oxygen atoms in total. The maximum atomic E-state index is 12.6. The molecule has 10 heteroatoms. The van der Waals surface area contributed by atoms with E-state index in [9.17, 15) is 8.78 Å².